The summed E-state index contributed by atoms with van der Waals surface area (Å²) in [6.07, 6.45) is 0.195. The maximum atomic E-state index is 13.0. The molecule has 1 aliphatic carbocycles. The van der Waals surface area contributed by atoms with Crippen molar-refractivity contribution in [3.05, 3.63) is 69.8 Å². The lowest BCUT2D eigenvalue weighted by Crippen LogP contribution is -2.38. The highest BCUT2D eigenvalue weighted by Gasteiger charge is 2.51. The van der Waals surface area contributed by atoms with Crippen LogP contribution in [0.3, 0.4) is 0 Å². The fourth-order valence-corrected chi connectivity index (χ4v) is 5.94. The van der Waals surface area contributed by atoms with E-state index in [0.29, 0.717) is 5.92 Å². The van der Waals surface area contributed by atoms with Crippen LogP contribution in [0.5, 0.6) is 0 Å². The molecule has 1 saturated carbocycles. The van der Waals surface area contributed by atoms with Crippen molar-refractivity contribution in [1.82, 2.24) is 10.6 Å². The Morgan fingerprint density at radius 1 is 0.696 bits per heavy atom. The van der Waals surface area contributed by atoms with Crippen molar-refractivity contribution >= 4 is 35.7 Å². The number of carbonyl (C=O) groups is 6. The number of carboxylic acids is 2. The second-order valence-electron chi connectivity index (χ2n) is 11.6. The third kappa shape index (κ3) is 6.87. The van der Waals surface area contributed by atoms with E-state index in [0.717, 1.165) is 43.9 Å². The topological polar surface area (TPSA) is 204 Å². The molecule has 2 saturated heterocycles. The minimum atomic E-state index is -1.37. The molecule has 14 heteroatoms. The van der Waals surface area contributed by atoms with E-state index in [1.54, 1.807) is 0 Å². The molecule has 244 valence electrons. The number of nitrogens with one attached hydrogen (secondary N) is 2. The number of rotatable bonds is 9. The summed E-state index contributed by atoms with van der Waals surface area (Å²) in [7, 11) is 1.33. The molecule has 0 aromatic heterocycles. The number of fused-ring (bicyclic) bond motifs is 1. The fraction of sp³-hybridized carbons (Fsp3) is 0.438. The Morgan fingerprint density at radius 2 is 1.20 bits per heavy atom. The first kappa shape index (κ1) is 32.6. The molecule has 46 heavy (non-hydrogen) atoms. The van der Waals surface area contributed by atoms with Crippen molar-refractivity contribution in [2.75, 3.05) is 20.3 Å². The quantitative estimate of drug-likeness (QED) is 0.292. The molecule has 0 radical (unpaired) electrons. The Morgan fingerprint density at radius 3 is 1.70 bits per heavy atom. The first-order chi connectivity index (χ1) is 22.0. The molecular formula is C32H34N2O12. The predicted octanol–water partition coefficient (Wildman–Crippen LogP) is 2.30. The van der Waals surface area contributed by atoms with Gasteiger partial charge in [-0.1, -0.05) is 6.92 Å². The van der Waals surface area contributed by atoms with Gasteiger partial charge in [0.25, 0.3) is 11.8 Å². The van der Waals surface area contributed by atoms with E-state index in [1.165, 1.54) is 25.2 Å². The molecule has 0 bridgehead atoms. The number of benzene rings is 2. The van der Waals surface area contributed by atoms with Gasteiger partial charge in [0, 0.05) is 13.1 Å². The molecule has 2 heterocycles. The number of amides is 2. The van der Waals surface area contributed by atoms with Gasteiger partial charge in [-0.25, -0.2) is 19.2 Å². The summed E-state index contributed by atoms with van der Waals surface area (Å²) < 4.78 is 22.6. The van der Waals surface area contributed by atoms with Crippen molar-refractivity contribution < 1.29 is 57.9 Å². The standard InChI is InChI=1S/C32H34N2O12/c1-15-3-7-18(8-4-15)34-28(36)19-9-5-17(12-22(19)30(39)40)32(42)46-24-14-44-25-23(13-43-26(24)25)45-31(41)16-6-10-20(29(37)38)21(11-16)27(35)33-2/h5-6,9-12,15,18,23-26H,3-4,7-8,13-14H2,1-2H3,(H,33,35)(H,34,36)(H,37,38)(H,39,40)/t15?,18?,23-,24+,25+,26+/m0/s1. The average molecular weight is 639 g/mol. The number of ether oxygens (including phenoxy) is 4. The minimum absolute atomic E-state index is 0.0441. The first-order valence-corrected chi connectivity index (χ1v) is 14.9. The Balaban J connectivity index is 1.21. The number of carbonyl (C=O) groups excluding carboxylic acids is 4. The summed E-state index contributed by atoms with van der Waals surface area (Å²) in [5, 5.41) is 24.4. The molecule has 4 N–H and O–H groups in total. The fourth-order valence-electron chi connectivity index (χ4n) is 5.94. The van der Waals surface area contributed by atoms with Crippen LogP contribution < -0.4 is 10.6 Å². The zero-order chi connectivity index (χ0) is 33.1. The van der Waals surface area contributed by atoms with Gasteiger partial charge in [-0.3, -0.25) is 9.59 Å². The van der Waals surface area contributed by atoms with Crippen molar-refractivity contribution in [2.24, 2.45) is 5.92 Å². The normalized spacial score (nSPS) is 25.2. The molecule has 3 fully saturated rings. The van der Waals surface area contributed by atoms with E-state index in [-0.39, 0.29) is 52.6 Å². The van der Waals surface area contributed by atoms with Crippen LogP contribution in [0.2, 0.25) is 0 Å². The van der Waals surface area contributed by atoms with Crippen molar-refractivity contribution in [3.63, 3.8) is 0 Å². The highest BCUT2D eigenvalue weighted by Crippen LogP contribution is 2.32. The third-order valence-corrected chi connectivity index (χ3v) is 8.52. The predicted molar refractivity (Wildman–Crippen MR) is 157 cm³/mol. The Labute approximate surface area is 263 Å². The van der Waals surface area contributed by atoms with Crippen LogP contribution in [-0.4, -0.2) is 96.6 Å². The van der Waals surface area contributed by atoms with Crippen LogP contribution in [-0.2, 0) is 18.9 Å². The van der Waals surface area contributed by atoms with Crippen LogP contribution in [0.4, 0.5) is 0 Å². The summed E-state index contributed by atoms with van der Waals surface area (Å²) in [5.74, 6) is -5.04. The van der Waals surface area contributed by atoms with E-state index < -0.39 is 60.1 Å². The van der Waals surface area contributed by atoms with Gasteiger partial charge in [-0.05, 0) is 68.0 Å². The second kappa shape index (κ2) is 13.7. The number of hydrogen-bond donors (Lipinski definition) is 4. The van der Waals surface area contributed by atoms with E-state index in [9.17, 15) is 39.0 Å². The van der Waals surface area contributed by atoms with E-state index >= 15 is 0 Å². The Hall–Kier alpha value is -4.82. The second-order valence-corrected chi connectivity index (χ2v) is 11.6. The third-order valence-electron chi connectivity index (χ3n) is 8.52. The molecule has 3 aliphatic rings. The van der Waals surface area contributed by atoms with Gasteiger partial charge in [-0.15, -0.1) is 0 Å². The van der Waals surface area contributed by atoms with Gasteiger partial charge in [-0.2, -0.15) is 0 Å². The molecule has 4 atom stereocenters. The molecule has 0 unspecified atom stereocenters. The van der Waals surface area contributed by atoms with Gasteiger partial charge in [0.15, 0.2) is 12.2 Å². The number of esters is 2. The van der Waals surface area contributed by atoms with E-state index in [1.807, 2.05) is 0 Å². The maximum Gasteiger partial charge on any atom is 0.338 e. The minimum Gasteiger partial charge on any atom is -0.478 e. The van der Waals surface area contributed by atoms with Gasteiger partial charge in [0.05, 0.1) is 46.6 Å². The monoisotopic (exact) mass is 638 g/mol. The molecule has 2 amide bonds. The Kier molecular flexibility index (Phi) is 9.68. The van der Waals surface area contributed by atoms with Crippen molar-refractivity contribution in [1.29, 1.82) is 0 Å². The van der Waals surface area contributed by atoms with Gasteiger partial charge >= 0.3 is 23.9 Å². The zero-order valence-electron chi connectivity index (χ0n) is 25.1. The van der Waals surface area contributed by atoms with Gasteiger partial charge in [0.1, 0.15) is 12.2 Å². The van der Waals surface area contributed by atoms with E-state index in [2.05, 4.69) is 17.6 Å². The summed E-state index contributed by atoms with van der Waals surface area (Å²) >= 11 is 0. The SMILES string of the molecule is CNC(=O)c1cc(C(=O)O[C@H]2CO[C@H]3[C@@H]2OC[C@H]3OC(=O)c2ccc(C(=O)NC3CCC(C)CC3)c(C(=O)O)c2)ccc1C(=O)O. The average Bonchev–Trinajstić information content (AvgIpc) is 3.63. The molecule has 2 aromatic carbocycles. The van der Waals surface area contributed by atoms with Crippen molar-refractivity contribution in [3.8, 4) is 0 Å². The lowest BCUT2D eigenvalue weighted by Gasteiger charge is -2.27. The van der Waals surface area contributed by atoms with Crippen LogP contribution in [0, 0.1) is 5.92 Å². The number of hydrogen-bond acceptors (Lipinski definition) is 10. The molecule has 0 spiro atoms. The summed E-state index contributed by atoms with van der Waals surface area (Å²) in [6.45, 7) is 1.98. The molecule has 2 aromatic rings. The van der Waals surface area contributed by atoms with Gasteiger partial charge in [0.2, 0.25) is 0 Å². The Bertz CT molecular complexity index is 1560. The molecular weight excluding hydrogens is 604 g/mol. The van der Waals surface area contributed by atoms with Crippen molar-refractivity contribution in [2.45, 2.75) is 63.1 Å². The number of carboxylic acid groups (broad SMARTS) is 2. The number of aromatic carboxylic acids is 2. The van der Waals surface area contributed by atoms with Gasteiger partial charge < -0.3 is 39.8 Å². The summed E-state index contributed by atoms with van der Waals surface area (Å²) in [6, 6.07) is 7.13. The maximum absolute atomic E-state index is 13.0. The lowest BCUT2D eigenvalue weighted by atomic mass is 9.87. The van der Waals surface area contributed by atoms with Crippen LogP contribution in [0.15, 0.2) is 36.4 Å². The summed E-state index contributed by atoms with van der Waals surface area (Å²) in [4.78, 5) is 74.5. The van der Waals surface area contributed by atoms with E-state index in [4.69, 9.17) is 18.9 Å². The van der Waals surface area contributed by atoms with Crippen LogP contribution >= 0.6 is 0 Å². The zero-order valence-corrected chi connectivity index (χ0v) is 25.1. The van der Waals surface area contributed by atoms with Crippen LogP contribution in [0.25, 0.3) is 0 Å². The first-order valence-electron chi connectivity index (χ1n) is 14.9. The highest BCUT2D eigenvalue weighted by atomic mass is 16.7. The molecule has 2 aliphatic heterocycles. The molecule has 14 nitrogen and oxygen atoms in total. The largest absolute Gasteiger partial charge is 0.478 e. The lowest BCUT2D eigenvalue weighted by molar-refractivity contribution is -0.0287. The smallest absolute Gasteiger partial charge is 0.338 e. The summed E-state index contributed by atoms with van der Waals surface area (Å²) in [5.41, 5.74) is -1.04. The van der Waals surface area contributed by atoms with Crippen LogP contribution in [0.1, 0.15) is 94.8 Å². The molecule has 5 rings (SSSR count). The highest BCUT2D eigenvalue weighted by molar-refractivity contribution is 6.07.